The van der Waals surface area contributed by atoms with E-state index < -0.39 is 6.04 Å². The number of piperazine rings is 1. The quantitative estimate of drug-likeness (QED) is 0.917. The van der Waals surface area contributed by atoms with Gasteiger partial charge in [0.1, 0.15) is 6.04 Å². The van der Waals surface area contributed by atoms with Crippen molar-refractivity contribution < 1.29 is 14.4 Å². The number of carbonyl (C=O) groups is 3. The molecule has 1 heterocycles. The summed E-state index contributed by atoms with van der Waals surface area (Å²) in [4.78, 5) is 39.7. The second-order valence-electron chi connectivity index (χ2n) is 5.53. The minimum atomic E-state index is -0.536. The van der Waals surface area contributed by atoms with Crippen molar-refractivity contribution >= 4 is 35.0 Å². The van der Waals surface area contributed by atoms with Gasteiger partial charge in [-0.3, -0.25) is 14.4 Å². The molecule has 1 aliphatic rings. The fraction of sp³-hybridized carbons (Fsp3) is 0.438. The Labute approximate surface area is 140 Å². The number of benzene rings is 1. The number of likely N-dealkylation sites (N-methyl/N-ethyl adjacent to an activating group) is 1. The second-order valence-corrected chi connectivity index (χ2v) is 5.96. The third kappa shape index (κ3) is 3.64. The predicted molar refractivity (Wildman–Crippen MR) is 88.5 cm³/mol. The van der Waals surface area contributed by atoms with Gasteiger partial charge in [-0.2, -0.15) is 0 Å². The summed E-state index contributed by atoms with van der Waals surface area (Å²) in [7, 11) is 1.72. The topological polar surface area (TPSA) is 69.7 Å². The number of hydrogen-bond acceptors (Lipinski definition) is 3. The summed E-state index contributed by atoms with van der Waals surface area (Å²) >= 11 is 5.97. The fourth-order valence-electron chi connectivity index (χ4n) is 2.49. The van der Waals surface area contributed by atoms with Gasteiger partial charge in [-0.05, 0) is 25.1 Å². The zero-order valence-electron chi connectivity index (χ0n) is 13.4. The lowest BCUT2D eigenvalue weighted by molar-refractivity contribution is -0.137. The van der Waals surface area contributed by atoms with Crippen LogP contribution in [-0.2, 0) is 9.59 Å². The molecule has 0 radical (unpaired) electrons. The van der Waals surface area contributed by atoms with E-state index in [1.54, 1.807) is 44.0 Å². The average molecular weight is 338 g/mol. The van der Waals surface area contributed by atoms with Gasteiger partial charge in [0.25, 0.3) is 5.91 Å². The van der Waals surface area contributed by atoms with E-state index in [1.165, 1.54) is 4.90 Å². The molecule has 1 N–H and O–H groups in total. The van der Waals surface area contributed by atoms with Crippen molar-refractivity contribution in [1.82, 2.24) is 9.80 Å². The molecule has 1 aromatic carbocycles. The van der Waals surface area contributed by atoms with Crippen molar-refractivity contribution in [2.75, 3.05) is 25.5 Å². The lowest BCUT2D eigenvalue weighted by Gasteiger charge is -2.37. The standard InChI is InChI=1S/C16H20ClN3O3/c1-4-14(21)18-13-9-11(17)5-6-12(13)16(23)20-8-7-19(3)15(22)10(20)2/h5-6,9-10H,4,7-8H2,1-3H3,(H,18,21). The zero-order chi connectivity index (χ0) is 17.1. The van der Waals surface area contributed by atoms with Crippen LogP contribution in [0.5, 0.6) is 0 Å². The molecular weight excluding hydrogens is 318 g/mol. The SMILES string of the molecule is CCC(=O)Nc1cc(Cl)ccc1C(=O)N1CCN(C)C(=O)C1C. The van der Waals surface area contributed by atoms with Crippen LogP contribution in [0.4, 0.5) is 5.69 Å². The third-order valence-electron chi connectivity index (χ3n) is 3.95. The number of rotatable bonds is 3. The highest BCUT2D eigenvalue weighted by molar-refractivity contribution is 6.31. The first-order valence-electron chi connectivity index (χ1n) is 7.50. The van der Waals surface area contributed by atoms with E-state index >= 15 is 0 Å². The molecule has 7 heteroatoms. The molecule has 2 rings (SSSR count). The zero-order valence-corrected chi connectivity index (χ0v) is 14.2. The van der Waals surface area contributed by atoms with Gasteiger partial charge in [0.2, 0.25) is 11.8 Å². The first-order valence-corrected chi connectivity index (χ1v) is 7.88. The van der Waals surface area contributed by atoms with Crippen LogP contribution in [0, 0.1) is 0 Å². The lowest BCUT2D eigenvalue weighted by atomic mass is 10.1. The summed E-state index contributed by atoms with van der Waals surface area (Å²) in [5.41, 5.74) is 0.702. The Bertz CT molecular complexity index is 647. The number of carbonyl (C=O) groups excluding carboxylic acids is 3. The summed E-state index contributed by atoms with van der Waals surface area (Å²) in [5.74, 6) is -0.594. The Morgan fingerprint density at radius 1 is 1.35 bits per heavy atom. The molecule has 6 nitrogen and oxygen atoms in total. The normalized spacial score (nSPS) is 18.1. The molecule has 3 amide bonds. The third-order valence-corrected chi connectivity index (χ3v) is 4.18. The second kappa shape index (κ2) is 7.00. The van der Waals surface area contributed by atoms with Crippen LogP contribution in [0.25, 0.3) is 0 Å². The first-order chi connectivity index (χ1) is 10.8. The van der Waals surface area contributed by atoms with Crippen molar-refractivity contribution in [2.45, 2.75) is 26.3 Å². The number of amides is 3. The van der Waals surface area contributed by atoms with Gasteiger partial charge in [0, 0.05) is 31.6 Å². The van der Waals surface area contributed by atoms with Crippen LogP contribution in [0.15, 0.2) is 18.2 Å². The lowest BCUT2D eigenvalue weighted by Crippen LogP contribution is -2.56. The summed E-state index contributed by atoms with van der Waals surface area (Å²) in [5, 5.41) is 3.12. The van der Waals surface area contributed by atoms with E-state index in [1.807, 2.05) is 0 Å². The van der Waals surface area contributed by atoms with Crippen molar-refractivity contribution in [1.29, 1.82) is 0 Å². The number of nitrogens with zero attached hydrogens (tertiary/aromatic N) is 2. The Balaban J connectivity index is 2.32. The molecule has 0 spiro atoms. The minimum absolute atomic E-state index is 0.0993. The summed E-state index contributed by atoms with van der Waals surface area (Å²) in [6.07, 6.45) is 0.295. The van der Waals surface area contributed by atoms with Crippen LogP contribution in [0.1, 0.15) is 30.6 Å². The molecule has 124 valence electrons. The number of nitrogens with one attached hydrogen (secondary N) is 1. The van der Waals surface area contributed by atoms with Gasteiger partial charge >= 0.3 is 0 Å². The Morgan fingerprint density at radius 3 is 2.70 bits per heavy atom. The predicted octanol–water partition coefficient (Wildman–Crippen LogP) is 1.99. The highest BCUT2D eigenvalue weighted by Gasteiger charge is 2.33. The Hall–Kier alpha value is -2.08. The highest BCUT2D eigenvalue weighted by atomic mass is 35.5. The van der Waals surface area contributed by atoms with E-state index in [9.17, 15) is 14.4 Å². The van der Waals surface area contributed by atoms with Gasteiger partial charge in [-0.25, -0.2) is 0 Å². The Kier molecular flexibility index (Phi) is 5.26. The van der Waals surface area contributed by atoms with E-state index in [4.69, 9.17) is 11.6 Å². The minimum Gasteiger partial charge on any atom is -0.342 e. The molecular formula is C16H20ClN3O3. The van der Waals surface area contributed by atoms with Crippen molar-refractivity contribution in [3.05, 3.63) is 28.8 Å². The van der Waals surface area contributed by atoms with Crippen LogP contribution in [-0.4, -0.2) is 53.7 Å². The Morgan fingerprint density at radius 2 is 2.04 bits per heavy atom. The number of hydrogen-bond donors (Lipinski definition) is 1. The van der Waals surface area contributed by atoms with Crippen molar-refractivity contribution in [3.63, 3.8) is 0 Å². The fourth-order valence-corrected chi connectivity index (χ4v) is 2.66. The molecule has 1 unspecified atom stereocenters. The van der Waals surface area contributed by atoms with Crippen molar-refractivity contribution in [2.24, 2.45) is 0 Å². The van der Waals surface area contributed by atoms with Crippen LogP contribution in [0.3, 0.4) is 0 Å². The monoisotopic (exact) mass is 337 g/mol. The van der Waals surface area contributed by atoms with Gasteiger partial charge in [-0.15, -0.1) is 0 Å². The van der Waals surface area contributed by atoms with Gasteiger partial charge in [-0.1, -0.05) is 18.5 Å². The van der Waals surface area contributed by atoms with E-state index in [2.05, 4.69) is 5.32 Å². The van der Waals surface area contributed by atoms with Gasteiger partial charge in [0.15, 0.2) is 0 Å². The molecule has 1 saturated heterocycles. The maximum Gasteiger partial charge on any atom is 0.256 e. The molecule has 0 saturated carbocycles. The van der Waals surface area contributed by atoms with Crippen LogP contribution < -0.4 is 5.32 Å². The first kappa shape index (κ1) is 17.3. The molecule has 1 aliphatic heterocycles. The maximum absolute atomic E-state index is 12.8. The van der Waals surface area contributed by atoms with E-state index in [0.717, 1.165) is 0 Å². The van der Waals surface area contributed by atoms with Gasteiger partial charge in [0.05, 0.1) is 11.3 Å². The van der Waals surface area contributed by atoms with Gasteiger partial charge < -0.3 is 15.1 Å². The van der Waals surface area contributed by atoms with E-state index in [-0.39, 0.29) is 17.7 Å². The molecule has 0 bridgehead atoms. The number of halogens is 1. The average Bonchev–Trinajstić information content (AvgIpc) is 2.52. The largest absolute Gasteiger partial charge is 0.342 e. The van der Waals surface area contributed by atoms with E-state index in [0.29, 0.717) is 35.8 Å². The summed E-state index contributed by atoms with van der Waals surface area (Å²) in [6.45, 7) is 4.36. The highest BCUT2D eigenvalue weighted by Crippen LogP contribution is 2.24. The van der Waals surface area contributed by atoms with Crippen molar-refractivity contribution in [3.8, 4) is 0 Å². The molecule has 1 atom stereocenters. The molecule has 1 fully saturated rings. The molecule has 23 heavy (non-hydrogen) atoms. The molecule has 0 aliphatic carbocycles. The number of anilines is 1. The van der Waals surface area contributed by atoms with Crippen LogP contribution in [0.2, 0.25) is 5.02 Å². The summed E-state index contributed by atoms with van der Waals surface area (Å²) in [6, 6.07) is 4.18. The van der Waals surface area contributed by atoms with Crippen LogP contribution >= 0.6 is 11.6 Å². The summed E-state index contributed by atoms with van der Waals surface area (Å²) < 4.78 is 0. The molecule has 1 aromatic rings. The maximum atomic E-state index is 12.8. The smallest absolute Gasteiger partial charge is 0.256 e. The molecule has 0 aromatic heterocycles.